The molecule has 8 aromatic rings. The molecule has 0 aliphatic heterocycles. The second kappa shape index (κ2) is 39.7. The molecule has 0 aliphatic rings. The van der Waals surface area contributed by atoms with E-state index in [4.69, 9.17) is 28.4 Å². The van der Waals surface area contributed by atoms with Gasteiger partial charge in [0.1, 0.15) is 45.9 Å². The van der Waals surface area contributed by atoms with E-state index in [0.29, 0.717) is 23.0 Å². The predicted octanol–water partition coefficient (Wildman–Crippen LogP) is 24.9. The van der Waals surface area contributed by atoms with Crippen LogP contribution < -0.4 is 49.7 Å². The number of anilines is 8. The molecule has 10 nitrogen and oxygen atoms in total. The summed E-state index contributed by atoms with van der Waals surface area (Å²) in [6, 6.07) is 61.4. The predicted molar refractivity (Wildman–Crippen MR) is 379 cm³/mol. The van der Waals surface area contributed by atoms with E-state index in [1.807, 2.05) is 97.1 Å². The van der Waals surface area contributed by atoms with Gasteiger partial charge in [0.25, 0.3) is 0 Å². The lowest BCUT2D eigenvalue weighted by atomic mass is 10.1. The molecule has 0 aromatic heterocycles. The average molecular weight is 1220 g/mol. The van der Waals surface area contributed by atoms with Gasteiger partial charge in [0.15, 0.2) is 11.5 Å². The molecule has 0 bridgehead atoms. The van der Waals surface area contributed by atoms with Crippen molar-refractivity contribution in [3.63, 3.8) is 0 Å². The number of hydrogen-bond acceptors (Lipinski definition) is 10. The van der Waals surface area contributed by atoms with E-state index in [1.54, 1.807) is 0 Å². The lowest BCUT2D eigenvalue weighted by Gasteiger charge is -2.19. The van der Waals surface area contributed by atoms with Crippen molar-refractivity contribution in [2.24, 2.45) is 0 Å². The zero-order valence-corrected chi connectivity index (χ0v) is 54.6. The molecule has 478 valence electrons. The Bertz CT molecular complexity index is 2990. The monoisotopic (exact) mass is 1210 g/mol. The van der Waals surface area contributed by atoms with E-state index < -0.39 is 0 Å². The number of unbranched alkanes of at least 4 members (excludes halogenated alkanes) is 20. The first-order valence-electron chi connectivity index (χ1n) is 34.3. The van der Waals surface area contributed by atoms with E-state index in [2.05, 4.69) is 134 Å². The van der Waals surface area contributed by atoms with Gasteiger partial charge in [-0.15, -0.1) is 0 Å². The Morgan fingerprint density at radius 2 is 0.478 bits per heavy atom. The number of rotatable bonds is 45. The van der Waals surface area contributed by atoms with Gasteiger partial charge < -0.3 is 49.7 Å². The summed E-state index contributed by atoms with van der Waals surface area (Å²) < 4.78 is 38.0. The molecule has 0 saturated heterocycles. The van der Waals surface area contributed by atoms with E-state index in [-0.39, 0.29) is 0 Å². The van der Waals surface area contributed by atoms with E-state index in [9.17, 15) is 0 Å². The van der Waals surface area contributed by atoms with Crippen molar-refractivity contribution in [2.45, 2.75) is 182 Å². The molecule has 8 rings (SSSR count). The lowest BCUT2D eigenvalue weighted by molar-refractivity contribution is 0.304. The number of nitrogens with one attached hydrogen (secondary N) is 4. The zero-order chi connectivity index (χ0) is 62.5. The number of ether oxygens (including phenoxy) is 6. The van der Waals surface area contributed by atoms with Crippen LogP contribution in [0.1, 0.15) is 182 Å². The highest BCUT2D eigenvalue weighted by atomic mass is 16.5. The summed E-state index contributed by atoms with van der Waals surface area (Å²) in [7, 11) is 0. The van der Waals surface area contributed by atoms with Gasteiger partial charge in [0.2, 0.25) is 0 Å². The van der Waals surface area contributed by atoms with Gasteiger partial charge in [0.05, 0.1) is 37.8 Å². The molecule has 90 heavy (non-hydrogen) atoms. The molecule has 10 heteroatoms. The first-order valence-corrected chi connectivity index (χ1v) is 34.3. The Kier molecular flexibility index (Phi) is 29.9. The molecule has 0 radical (unpaired) electrons. The maximum Gasteiger partial charge on any atom is 0.153 e. The summed E-state index contributed by atoms with van der Waals surface area (Å²) in [6.45, 7) is 11.9. The molecule has 0 amide bonds. The second-order valence-corrected chi connectivity index (χ2v) is 23.7. The van der Waals surface area contributed by atoms with Gasteiger partial charge in [-0.1, -0.05) is 193 Å². The Labute approximate surface area is 539 Å². The highest BCUT2D eigenvalue weighted by molar-refractivity contribution is 5.85. The van der Waals surface area contributed by atoms with Crippen LogP contribution in [0.25, 0.3) is 11.1 Å². The van der Waals surface area contributed by atoms with Crippen molar-refractivity contribution in [2.75, 3.05) is 47.7 Å². The summed E-state index contributed by atoms with van der Waals surface area (Å²) in [5.41, 5.74) is 9.16. The van der Waals surface area contributed by atoms with Crippen molar-refractivity contribution in [3.8, 4) is 57.1 Å². The Balaban J connectivity index is 0.941. The summed E-state index contributed by atoms with van der Waals surface area (Å²) in [5.74, 6) is 6.24. The first-order chi connectivity index (χ1) is 44.5. The number of benzene rings is 8. The third-order valence-corrected chi connectivity index (χ3v) is 16.1. The summed E-state index contributed by atoms with van der Waals surface area (Å²) >= 11 is 0. The molecule has 0 heterocycles. The van der Waals surface area contributed by atoms with Crippen LogP contribution in [0, 0.1) is 0 Å². The molecule has 0 fully saturated rings. The lowest BCUT2D eigenvalue weighted by Crippen LogP contribution is -2.01. The molecular weight excluding hydrogens is 1110 g/mol. The van der Waals surface area contributed by atoms with Crippen molar-refractivity contribution in [3.05, 3.63) is 182 Å². The summed E-state index contributed by atoms with van der Waals surface area (Å²) in [5, 5.41) is 14.7. The zero-order valence-electron chi connectivity index (χ0n) is 54.6. The largest absolute Gasteiger partial charge is 0.494 e. The van der Waals surface area contributed by atoms with Gasteiger partial charge in [0, 0.05) is 22.7 Å². The van der Waals surface area contributed by atoms with Crippen LogP contribution in [0.15, 0.2) is 182 Å². The maximum atomic E-state index is 6.75. The van der Waals surface area contributed by atoms with Gasteiger partial charge in [-0.2, -0.15) is 0 Å². The maximum absolute atomic E-state index is 6.75. The first kappa shape index (κ1) is 67.7. The fourth-order valence-corrected chi connectivity index (χ4v) is 10.8. The standard InChI is InChI=1S/C80H102N4O6/c1-5-9-13-17-21-25-59-85-69-51-39-65(40-52-69)81-75-31-29-33-77(79(75)83-67-43-55-71(56-44-67)87-61-27-23-19-15-11-7-3)89-73-47-35-63(36-48-73)64-37-49-74(50-38-64)90-78-34-30-32-76(82-66-41-53-70(54-42-66)86-60-26-22-18-14-10-6-2)80(78)84-68-45-57-72(58-46-68)88-62-28-24-20-16-12-8-4/h29-58,81-84H,5-28,59-62H2,1-4H3. The summed E-state index contributed by atoms with van der Waals surface area (Å²) in [6.07, 6.45) is 29.6. The minimum atomic E-state index is 0.677. The van der Waals surface area contributed by atoms with Crippen molar-refractivity contribution >= 4 is 45.5 Å². The van der Waals surface area contributed by atoms with Crippen LogP contribution in [0.2, 0.25) is 0 Å². The molecule has 0 aliphatic carbocycles. The third kappa shape index (κ3) is 23.9. The van der Waals surface area contributed by atoms with E-state index in [0.717, 1.165) is 132 Å². The summed E-state index contributed by atoms with van der Waals surface area (Å²) in [4.78, 5) is 0. The molecule has 0 unspecified atom stereocenters. The van der Waals surface area contributed by atoms with Gasteiger partial charge in [-0.25, -0.2) is 0 Å². The molecule has 0 saturated carbocycles. The van der Waals surface area contributed by atoms with Crippen LogP contribution >= 0.6 is 0 Å². The molecular formula is C80H102N4O6. The quantitative estimate of drug-likeness (QED) is 0.0276. The van der Waals surface area contributed by atoms with Gasteiger partial charge in [-0.05, 0) is 182 Å². The fraction of sp³-hybridized carbons (Fsp3) is 0.400. The van der Waals surface area contributed by atoms with Gasteiger partial charge in [-0.3, -0.25) is 0 Å². The van der Waals surface area contributed by atoms with Gasteiger partial charge >= 0.3 is 0 Å². The third-order valence-electron chi connectivity index (χ3n) is 16.1. The highest BCUT2D eigenvalue weighted by Gasteiger charge is 2.16. The average Bonchev–Trinajstić information content (AvgIpc) is 1.39. The van der Waals surface area contributed by atoms with Crippen LogP contribution in [0.3, 0.4) is 0 Å². The van der Waals surface area contributed by atoms with Crippen molar-refractivity contribution in [1.82, 2.24) is 0 Å². The number of hydrogen-bond donors (Lipinski definition) is 4. The Morgan fingerprint density at radius 1 is 0.233 bits per heavy atom. The van der Waals surface area contributed by atoms with Crippen LogP contribution in [0.4, 0.5) is 45.5 Å². The fourth-order valence-electron chi connectivity index (χ4n) is 10.8. The van der Waals surface area contributed by atoms with Crippen molar-refractivity contribution < 1.29 is 28.4 Å². The number of para-hydroxylation sites is 2. The van der Waals surface area contributed by atoms with Crippen LogP contribution in [-0.4, -0.2) is 26.4 Å². The van der Waals surface area contributed by atoms with Crippen molar-refractivity contribution in [1.29, 1.82) is 0 Å². The van der Waals surface area contributed by atoms with E-state index in [1.165, 1.54) is 128 Å². The molecule has 8 aromatic carbocycles. The minimum absolute atomic E-state index is 0.677. The molecule has 0 spiro atoms. The molecule has 4 N–H and O–H groups in total. The SMILES string of the molecule is CCCCCCCCOc1ccc(Nc2cccc(Oc3ccc(-c4ccc(Oc5cccc(Nc6ccc(OCCCCCCCC)cc6)c5Nc5ccc(OCCCCCCCC)cc5)cc4)cc3)c2Nc2ccc(OCCCCCCCC)cc2)cc1. The van der Waals surface area contributed by atoms with Crippen LogP contribution in [-0.2, 0) is 0 Å². The van der Waals surface area contributed by atoms with E-state index >= 15 is 0 Å². The minimum Gasteiger partial charge on any atom is -0.494 e. The smallest absolute Gasteiger partial charge is 0.153 e. The van der Waals surface area contributed by atoms with Crippen LogP contribution in [0.5, 0.6) is 46.0 Å². The normalized spacial score (nSPS) is 11.0. The topological polar surface area (TPSA) is 104 Å². The highest BCUT2D eigenvalue weighted by Crippen LogP contribution is 2.42. The second-order valence-electron chi connectivity index (χ2n) is 23.7. The Hall–Kier alpha value is -8.24. The molecule has 0 atom stereocenters. The Morgan fingerprint density at radius 3 is 0.756 bits per heavy atom.